The Morgan fingerprint density at radius 1 is 1.22 bits per heavy atom. The summed E-state index contributed by atoms with van der Waals surface area (Å²) in [7, 11) is 0. The van der Waals surface area contributed by atoms with Gasteiger partial charge in [0, 0.05) is 22.8 Å². The average Bonchev–Trinajstić information content (AvgIpc) is 2.88. The maximum atomic E-state index is 5.84. The van der Waals surface area contributed by atoms with Gasteiger partial charge in [-0.25, -0.2) is 9.97 Å². The maximum absolute atomic E-state index is 5.84. The predicted octanol–water partition coefficient (Wildman–Crippen LogP) is 3.45. The van der Waals surface area contributed by atoms with Crippen LogP contribution in [-0.2, 0) is 18.7 Å². The lowest BCUT2D eigenvalue weighted by Gasteiger charge is -2.10. The Kier molecular flexibility index (Phi) is 3.15. The average molecular weight is 260 g/mol. The number of hydrogen-bond donors (Lipinski definition) is 1. The number of nitrogens with one attached hydrogen (secondary N) is 1. The molecule has 1 aromatic heterocycles. The fraction of sp³-hybridized carbons (Fsp3) is 0.286. The summed E-state index contributed by atoms with van der Waals surface area (Å²) in [6, 6.07) is 8.10. The van der Waals surface area contributed by atoms with Crippen molar-refractivity contribution >= 4 is 23.1 Å². The standard InChI is InChI=1S/C14H14ClN3/c15-8-10-3-1-4-11(7-10)18-14-12-5-2-6-13(12)16-9-17-14/h1,3-4,7,9H,2,5-6,8H2,(H,16,17,18). The van der Waals surface area contributed by atoms with E-state index in [1.165, 1.54) is 17.7 Å². The van der Waals surface area contributed by atoms with E-state index < -0.39 is 0 Å². The Balaban J connectivity index is 1.90. The molecular weight excluding hydrogens is 246 g/mol. The number of rotatable bonds is 3. The molecule has 4 heteroatoms. The second-order valence-electron chi connectivity index (χ2n) is 4.46. The summed E-state index contributed by atoms with van der Waals surface area (Å²) in [5, 5.41) is 3.37. The highest BCUT2D eigenvalue weighted by Crippen LogP contribution is 2.27. The molecule has 1 aliphatic carbocycles. The van der Waals surface area contributed by atoms with Crippen molar-refractivity contribution in [1.82, 2.24) is 9.97 Å². The molecule has 18 heavy (non-hydrogen) atoms. The van der Waals surface area contributed by atoms with Crippen molar-refractivity contribution < 1.29 is 0 Å². The van der Waals surface area contributed by atoms with Crippen molar-refractivity contribution in [2.75, 3.05) is 5.32 Å². The van der Waals surface area contributed by atoms with Crippen molar-refractivity contribution in [1.29, 1.82) is 0 Å². The first-order chi connectivity index (χ1) is 8.86. The second kappa shape index (κ2) is 4.94. The van der Waals surface area contributed by atoms with E-state index in [0.717, 1.165) is 29.9 Å². The van der Waals surface area contributed by atoms with E-state index in [-0.39, 0.29) is 0 Å². The van der Waals surface area contributed by atoms with Crippen molar-refractivity contribution in [3.63, 3.8) is 0 Å². The van der Waals surface area contributed by atoms with E-state index in [4.69, 9.17) is 11.6 Å². The van der Waals surface area contributed by atoms with Crippen LogP contribution in [0.4, 0.5) is 11.5 Å². The van der Waals surface area contributed by atoms with Crippen LogP contribution in [0.25, 0.3) is 0 Å². The van der Waals surface area contributed by atoms with Crippen LogP contribution in [0.15, 0.2) is 30.6 Å². The van der Waals surface area contributed by atoms with Gasteiger partial charge in [0.05, 0.1) is 0 Å². The number of hydrogen-bond acceptors (Lipinski definition) is 3. The zero-order valence-corrected chi connectivity index (χ0v) is 10.7. The van der Waals surface area contributed by atoms with Gasteiger partial charge >= 0.3 is 0 Å². The van der Waals surface area contributed by atoms with E-state index in [0.29, 0.717) is 5.88 Å². The third-order valence-corrected chi connectivity index (χ3v) is 3.53. The summed E-state index contributed by atoms with van der Waals surface area (Å²) >= 11 is 5.84. The molecule has 0 radical (unpaired) electrons. The van der Waals surface area contributed by atoms with Gasteiger partial charge in [-0.15, -0.1) is 11.6 Å². The molecular formula is C14H14ClN3. The van der Waals surface area contributed by atoms with Crippen molar-refractivity contribution in [3.05, 3.63) is 47.4 Å². The summed E-state index contributed by atoms with van der Waals surface area (Å²) < 4.78 is 0. The van der Waals surface area contributed by atoms with Gasteiger partial charge < -0.3 is 5.32 Å². The second-order valence-corrected chi connectivity index (χ2v) is 4.73. The molecule has 0 bridgehead atoms. The third-order valence-electron chi connectivity index (χ3n) is 3.22. The van der Waals surface area contributed by atoms with E-state index in [1.807, 2.05) is 18.2 Å². The molecule has 3 nitrogen and oxygen atoms in total. The minimum absolute atomic E-state index is 0.525. The van der Waals surface area contributed by atoms with Gasteiger partial charge in [-0.1, -0.05) is 12.1 Å². The maximum Gasteiger partial charge on any atom is 0.137 e. The van der Waals surface area contributed by atoms with E-state index in [2.05, 4.69) is 21.4 Å². The summed E-state index contributed by atoms with van der Waals surface area (Å²) in [4.78, 5) is 8.67. The minimum atomic E-state index is 0.525. The first-order valence-corrected chi connectivity index (χ1v) is 6.65. The molecule has 0 spiro atoms. The van der Waals surface area contributed by atoms with E-state index in [1.54, 1.807) is 6.33 Å². The molecule has 0 fully saturated rings. The van der Waals surface area contributed by atoms with E-state index >= 15 is 0 Å². The fourth-order valence-corrected chi connectivity index (χ4v) is 2.50. The molecule has 1 N–H and O–H groups in total. The highest BCUT2D eigenvalue weighted by atomic mass is 35.5. The van der Waals surface area contributed by atoms with Crippen LogP contribution in [0.3, 0.4) is 0 Å². The summed E-state index contributed by atoms with van der Waals surface area (Å²) in [5.41, 5.74) is 4.57. The highest BCUT2D eigenvalue weighted by molar-refractivity contribution is 6.17. The number of alkyl halides is 1. The molecule has 0 saturated carbocycles. The van der Waals surface area contributed by atoms with E-state index in [9.17, 15) is 0 Å². The topological polar surface area (TPSA) is 37.8 Å². The predicted molar refractivity (Wildman–Crippen MR) is 73.3 cm³/mol. The Morgan fingerprint density at radius 2 is 2.17 bits per heavy atom. The Hall–Kier alpha value is -1.61. The lowest BCUT2D eigenvalue weighted by Crippen LogP contribution is -2.00. The van der Waals surface area contributed by atoms with Gasteiger partial charge in [-0.2, -0.15) is 0 Å². The van der Waals surface area contributed by atoms with Crippen LogP contribution in [0.2, 0.25) is 0 Å². The first-order valence-electron chi connectivity index (χ1n) is 6.11. The van der Waals surface area contributed by atoms with Crippen LogP contribution in [0.5, 0.6) is 0 Å². The minimum Gasteiger partial charge on any atom is -0.340 e. The molecule has 2 aromatic rings. The Labute approximate surface area is 111 Å². The SMILES string of the molecule is ClCc1cccc(Nc2ncnc3c2CCC3)c1. The number of aryl methyl sites for hydroxylation is 1. The van der Waals surface area contributed by atoms with Gasteiger partial charge in [0.2, 0.25) is 0 Å². The highest BCUT2D eigenvalue weighted by Gasteiger charge is 2.16. The van der Waals surface area contributed by atoms with Crippen LogP contribution in [-0.4, -0.2) is 9.97 Å². The monoisotopic (exact) mass is 259 g/mol. The lowest BCUT2D eigenvalue weighted by atomic mass is 10.2. The quantitative estimate of drug-likeness (QED) is 0.858. The first kappa shape index (κ1) is 11.5. The number of fused-ring (bicyclic) bond motifs is 1. The molecule has 0 unspecified atom stereocenters. The van der Waals surface area contributed by atoms with Crippen LogP contribution < -0.4 is 5.32 Å². The molecule has 0 saturated heterocycles. The molecule has 0 amide bonds. The molecule has 1 aromatic carbocycles. The van der Waals surface area contributed by atoms with Gasteiger partial charge in [0.15, 0.2) is 0 Å². The summed E-state index contributed by atoms with van der Waals surface area (Å²) in [6.07, 6.45) is 4.93. The largest absolute Gasteiger partial charge is 0.340 e. The number of nitrogens with zero attached hydrogens (tertiary/aromatic N) is 2. The number of aromatic nitrogens is 2. The molecule has 1 aliphatic rings. The summed E-state index contributed by atoms with van der Waals surface area (Å²) in [5.74, 6) is 1.46. The molecule has 0 aliphatic heterocycles. The van der Waals surface area contributed by atoms with Crippen LogP contribution >= 0.6 is 11.6 Å². The Bertz CT molecular complexity index is 569. The Morgan fingerprint density at radius 3 is 3.06 bits per heavy atom. The normalized spacial score (nSPS) is 13.4. The number of anilines is 2. The number of halogens is 1. The molecule has 1 heterocycles. The zero-order valence-electron chi connectivity index (χ0n) is 9.99. The number of benzene rings is 1. The van der Waals surface area contributed by atoms with Crippen LogP contribution in [0, 0.1) is 0 Å². The van der Waals surface area contributed by atoms with Crippen molar-refractivity contribution in [2.24, 2.45) is 0 Å². The van der Waals surface area contributed by atoms with Gasteiger partial charge in [-0.05, 0) is 37.0 Å². The van der Waals surface area contributed by atoms with Crippen molar-refractivity contribution in [3.8, 4) is 0 Å². The van der Waals surface area contributed by atoms with Gasteiger partial charge in [0.1, 0.15) is 12.1 Å². The fourth-order valence-electron chi connectivity index (χ4n) is 2.34. The van der Waals surface area contributed by atoms with Gasteiger partial charge in [0.25, 0.3) is 0 Å². The summed E-state index contributed by atoms with van der Waals surface area (Å²) in [6.45, 7) is 0. The molecule has 0 atom stereocenters. The zero-order chi connectivity index (χ0) is 12.4. The third kappa shape index (κ3) is 2.18. The smallest absolute Gasteiger partial charge is 0.137 e. The van der Waals surface area contributed by atoms with Gasteiger partial charge in [-0.3, -0.25) is 0 Å². The van der Waals surface area contributed by atoms with Crippen LogP contribution in [0.1, 0.15) is 23.2 Å². The molecule has 92 valence electrons. The molecule has 3 rings (SSSR count). The lowest BCUT2D eigenvalue weighted by molar-refractivity contribution is 0.899. The van der Waals surface area contributed by atoms with Crippen molar-refractivity contribution in [2.45, 2.75) is 25.1 Å².